The molecular formula is C11H17NOS2. The van der Waals surface area contributed by atoms with E-state index in [0.717, 1.165) is 31.1 Å². The van der Waals surface area contributed by atoms with Gasteiger partial charge in [-0.25, -0.2) is 4.99 Å². The van der Waals surface area contributed by atoms with Crippen LogP contribution in [0.15, 0.2) is 28.8 Å². The summed E-state index contributed by atoms with van der Waals surface area (Å²) in [6.45, 7) is 7.42. The predicted octanol–water partition coefficient (Wildman–Crippen LogP) is 3.66. The van der Waals surface area contributed by atoms with Gasteiger partial charge in [0.05, 0.1) is 0 Å². The molecule has 1 rings (SSSR count). The summed E-state index contributed by atoms with van der Waals surface area (Å²) in [5.74, 6) is 0. The van der Waals surface area contributed by atoms with Crippen molar-refractivity contribution in [3.8, 4) is 0 Å². The summed E-state index contributed by atoms with van der Waals surface area (Å²) in [6, 6.07) is 0. The van der Waals surface area contributed by atoms with Crippen LogP contribution in [-0.2, 0) is 4.74 Å². The van der Waals surface area contributed by atoms with E-state index >= 15 is 0 Å². The number of hydrogen-bond acceptors (Lipinski definition) is 4. The normalized spacial score (nSPS) is 19.7. The number of hydrogen-bond donors (Lipinski definition) is 0. The maximum atomic E-state index is 5.32. The molecule has 0 aromatic heterocycles. The van der Waals surface area contributed by atoms with Gasteiger partial charge in [0.1, 0.15) is 5.03 Å². The second kappa shape index (κ2) is 8.02. The van der Waals surface area contributed by atoms with Gasteiger partial charge in [-0.05, 0) is 30.6 Å². The van der Waals surface area contributed by atoms with Crippen molar-refractivity contribution in [2.75, 3.05) is 13.2 Å². The fourth-order valence-corrected chi connectivity index (χ4v) is 3.68. The van der Waals surface area contributed by atoms with Crippen molar-refractivity contribution in [1.29, 1.82) is 0 Å². The van der Waals surface area contributed by atoms with Crippen LogP contribution in [0.3, 0.4) is 0 Å². The number of ether oxygens (including phenoxy) is 1. The molecule has 84 valence electrons. The number of aliphatic imine (C=N–C) groups is 1. The molecule has 1 fully saturated rings. The van der Waals surface area contributed by atoms with Crippen LogP contribution in [0, 0.1) is 0 Å². The molecule has 0 aliphatic carbocycles. The minimum Gasteiger partial charge on any atom is -0.381 e. The smallest absolute Gasteiger partial charge is 0.102 e. The highest BCUT2D eigenvalue weighted by molar-refractivity contribution is 8.78. The molecule has 1 aliphatic rings. The van der Waals surface area contributed by atoms with Crippen LogP contribution in [0.25, 0.3) is 0 Å². The Morgan fingerprint density at radius 1 is 1.47 bits per heavy atom. The first-order chi connectivity index (χ1) is 7.36. The molecule has 0 aromatic carbocycles. The van der Waals surface area contributed by atoms with Gasteiger partial charge in [0.25, 0.3) is 0 Å². The van der Waals surface area contributed by atoms with Crippen molar-refractivity contribution < 1.29 is 4.74 Å². The molecule has 1 aliphatic heterocycles. The molecule has 0 unspecified atom stereocenters. The zero-order valence-corrected chi connectivity index (χ0v) is 10.6. The van der Waals surface area contributed by atoms with E-state index in [1.807, 2.05) is 23.8 Å². The van der Waals surface area contributed by atoms with Crippen LogP contribution in [0.1, 0.15) is 19.8 Å². The van der Waals surface area contributed by atoms with Gasteiger partial charge in [-0.3, -0.25) is 0 Å². The van der Waals surface area contributed by atoms with Gasteiger partial charge >= 0.3 is 0 Å². The van der Waals surface area contributed by atoms with Crippen molar-refractivity contribution >= 4 is 27.8 Å². The van der Waals surface area contributed by atoms with Crippen molar-refractivity contribution in [2.24, 2.45) is 4.99 Å². The quantitative estimate of drug-likeness (QED) is 0.543. The lowest BCUT2D eigenvalue weighted by molar-refractivity contribution is 0.100. The number of allylic oxidation sites excluding steroid dienone is 2. The SMILES string of the molecule is C=CC=N/C(=C\C)SSC1CCOCC1. The monoisotopic (exact) mass is 243 g/mol. The summed E-state index contributed by atoms with van der Waals surface area (Å²) in [5.41, 5.74) is 0. The summed E-state index contributed by atoms with van der Waals surface area (Å²) in [7, 11) is 3.65. The fourth-order valence-electron chi connectivity index (χ4n) is 1.16. The van der Waals surface area contributed by atoms with E-state index in [1.54, 1.807) is 23.1 Å². The average Bonchev–Trinajstić information content (AvgIpc) is 2.31. The first-order valence-electron chi connectivity index (χ1n) is 5.09. The second-order valence-corrected chi connectivity index (χ2v) is 5.65. The summed E-state index contributed by atoms with van der Waals surface area (Å²) in [6.07, 6.45) is 7.76. The Morgan fingerprint density at radius 3 is 2.80 bits per heavy atom. The lowest BCUT2D eigenvalue weighted by Gasteiger charge is -2.20. The van der Waals surface area contributed by atoms with Crippen molar-refractivity contribution in [3.63, 3.8) is 0 Å². The first kappa shape index (κ1) is 12.9. The molecule has 1 saturated heterocycles. The minimum absolute atomic E-state index is 0.706. The molecular weight excluding hydrogens is 226 g/mol. The maximum absolute atomic E-state index is 5.32. The van der Waals surface area contributed by atoms with Crippen molar-refractivity contribution in [3.05, 3.63) is 23.8 Å². The van der Waals surface area contributed by atoms with Gasteiger partial charge in [-0.2, -0.15) is 0 Å². The van der Waals surface area contributed by atoms with Crippen LogP contribution >= 0.6 is 21.6 Å². The zero-order chi connectivity index (χ0) is 10.9. The fraction of sp³-hybridized carbons (Fsp3) is 0.545. The summed E-state index contributed by atoms with van der Waals surface area (Å²) >= 11 is 0. The Morgan fingerprint density at radius 2 is 2.20 bits per heavy atom. The van der Waals surface area contributed by atoms with Gasteiger partial charge in [0, 0.05) is 24.7 Å². The van der Waals surface area contributed by atoms with Crippen molar-refractivity contribution in [2.45, 2.75) is 25.0 Å². The topological polar surface area (TPSA) is 21.6 Å². The molecule has 4 heteroatoms. The molecule has 0 atom stereocenters. The molecule has 15 heavy (non-hydrogen) atoms. The van der Waals surface area contributed by atoms with Gasteiger partial charge < -0.3 is 4.74 Å². The summed E-state index contributed by atoms with van der Waals surface area (Å²) in [5, 5.41) is 1.75. The highest BCUT2D eigenvalue weighted by Crippen LogP contribution is 2.37. The van der Waals surface area contributed by atoms with Gasteiger partial charge in [-0.15, -0.1) is 0 Å². The highest BCUT2D eigenvalue weighted by Gasteiger charge is 2.14. The summed E-state index contributed by atoms with van der Waals surface area (Å²) in [4.78, 5) is 4.27. The van der Waals surface area contributed by atoms with E-state index in [-0.39, 0.29) is 0 Å². The van der Waals surface area contributed by atoms with E-state index in [4.69, 9.17) is 4.74 Å². The number of nitrogens with zero attached hydrogens (tertiary/aromatic N) is 1. The molecule has 2 nitrogen and oxygen atoms in total. The minimum atomic E-state index is 0.706. The second-order valence-electron chi connectivity index (χ2n) is 3.13. The Hall–Kier alpha value is -0.190. The Labute approximate surface area is 99.7 Å². The third kappa shape index (κ3) is 5.44. The largest absolute Gasteiger partial charge is 0.381 e. The van der Waals surface area contributed by atoms with E-state index in [9.17, 15) is 0 Å². The lowest BCUT2D eigenvalue weighted by atomic mass is 10.2. The van der Waals surface area contributed by atoms with Crippen LogP contribution in [0.5, 0.6) is 0 Å². The Kier molecular flexibility index (Phi) is 6.88. The Bertz CT molecular complexity index is 245. The van der Waals surface area contributed by atoms with Crippen LogP contribution in [-0.4, -0.2) is 24.7 Å². The molecule has 1 heterocycles. The molecule has 0 spiro atoms. The van der Waals surface area contributed by atoms with Gasteiger partial charge in [0.15, 0.2) is 0 Å². The Balaban J connectivity index is 2.27. The number of rotatable bonds is 5. The van der Waals surface area contributed by atoms with E-state index in [1.165, 1.54) is 0 Å². The highest BCUT2D eigenvalue weighted by atomic mass is 33.1. The third-order valence-electron chi connectivity index (χ3n) is 1.99. The van der Waals surface area contributed by atoms with Crippen molar-refractivity contribution in [1.82, 2.24) is 0 Å². The van der Waals surface area contributed by atoms with Gasteiger partial charge in [-0.1, -0.05) is 29.5 Å². The molecule has 0 aromatic rings. The standard InChI is InChI=1S/C11H17NOS2/c1-3-7-12-11(4-2)15-14-10-5-8-13-9-6-10/h3-4,7,10H,1,5-6,8-9H2,2H3/b11-4+,12-7?. The molecule has 0 N–H and O–H groups in total. The average molecular weight is 243 g/mol. The third-order valence-corrected chi connectivity index (χ3v) is 4.96. The first-order valence-corrected chi connectivity index (χ1v) is 7.30. The molecule has 0 radical (unpaired) electrons. The summed E-state index contributed by atoms with van der Waals surface area (Å²) < 4.78 is 5.32. The molecule has 0 amide bonds. The lowest BCUT2D eigenvalue weighted by Crippen LogP contribution is -2.16. The van der Waals surface area contributed by atoms with E-state index < -0.39 is 0 Å². The van der Waals surface area contributed by atoms with Crippen LogP contribution in [0.4, 0.5) is 0 Å². The molecule has 0 bridgehead atoms. The van der Waals surface area contributed by atoms with Gasteiger partial charge in [0.2, 0.25) is 0 Å². The van der Waals surface area contributed by atoms with Crippen LogP contribution < -0.4 is 0 Å². The zero-order valence-electron chi connectivity index (χ0n) is 9.02. The predicted molar refractivity (Wildman–Crippen MR) is 71.5 cm³/mol. The van der Waals surface area contributed by atoms with Crippen LogP contribution in [0.2, 0.25) is 0 Å². The van der Waals surface area contributed by atoms with E-state index in [0.29, 0.717) is 5.25 Å². The molecule has 0 saturated carbocycles. The van der Waals surface area contributed by atoms with E-state index in [2.05, 4.69) is 11.6 Å². The maximum Gasteiger partial charge on any atom is 0.102 e.